The summed E-state index contributed by atoms with van der Waals surface area (Å²) in [4.78, 5) is 15.5. The maximum atomic E-state index is 5.29. The van der Waals surface area contributed by atoms with Gasteiger partial charge in [0.15, 0.2) is 0 Å². The molecular formula is C32H22N4. The summed E-state index contributed by atoms with van der Waals surface area (Å²) >= 11 is 0. The minimum Gasteiger partial charge on any atom is -0.262 e. The number of hydrogen-bond donors (Lipinski definition) is 0. The topological polar surface area (TPSA) is 43.6 Å². The van der Waals surface area contributed by atoms with Crippen molar-refractivity contribution in [1.29, 1.82) is 0 Å². The van der Waals surface area contributed by atoms with Crippen LogP contribution >= 0.6 is 0 Å². The molecule has 4 nitrogen and oxygen atoms in total. The Morgan fingerprint density at radius 2 is 1.39 bits per heavy atom. The average Bonchev–Trinajstić information content (AvgIpc) is 3.28. The first-order valence-corrected chi connectivity index (χ1v) is 12.3. The molecule has 3 aliphatic rings. The molecule has 4 aromatic carbocycles. The minimum atomic E-state index is -0.126. The van der Waals surface area contributed by atoms with Crippen LogP contribution in [-0.4, -0.2) is 19.5 Å². The Kier molecular flexibility index (Phi) is 3.70. The van der Waals surface area contributed by atoms with Crippen LogP contribution in [-0.2, 0) is 5.41 Å². The Morgan fingerprint density at radius 3 is 2.33 bits per heavy atom. The van der Waals surface area contributed by atoms with Gasteiger partial charge in [-0.05, 0) is 40.8 Å². The van der Waals surface area contributed by atoms with E-state index < -0.39 is 0 Å². The van der Waals surface area contributed by atoms with Crippen LogP contribution in [0, 0.1) is 0 Å². The van der Waals surface area contributed by atoms with Gasteiger partial charge in [0.05, 0.1) is 22.2 Å². The van der Waals surface area contributed by atoms with Crippen molar-refractivity contribution in [3.63, 3.8) is 0 Å². The van der Waals surface area contributed by atoms with E-state index in [2.05, 4.69) is 109 Å². The van der Waals surface area contributed by atoms with Crippen molar-refractivity contribution in [2.75, 3.05) is 0 Å². The highest BCUT2D eigenvalue weighted by atomic mass is 15.2. The second-order valence-electron chi connectivity index (χ2n) is 10.1. The van der Waals surface area contributed by atoms with Crippen LogP contribution in [0.3, 0.4) is 0 Å². The summed E-state index contributed by atoms with van der Waals surface area (Å²) in [5.74, 6) is 1.52. The fourth-order valence-corrected chi connectivity index (χ4v) is 6.06. The molecule has 0 bridgehead atoms. The summed E-state index contributed by atoms with van der Waals surface area (Å²) in [7, 11) is 0. The summed E-state index contributed by atoms with van der Waals surface area (Å²) < 4.78 is 2.13. The first-order valence-electron chi connectivity index (χ1n) is 12.3. The molecule has 0 atom stereocenters. The summed E-state index contributed by atoms with van der Waals surface area (Å²) in [6, 6.07) is 34.1. The predicted molar refractivity (Wildman–Crippen MR) is 146 cm³/mol. The van der Waals surface area contributed by atoms with Crippen molar-refractivity contribution < 1.29 is 0 Å². The monoisotopic (exact) mass is 462 g/mol. The first kappa shape index (κ1) is 19.7. The molecule has 0 amide bonds. The van der Waals surface area contributed by atoms with Gasteiger partial charge in [-0.1, -0.05) is 86.6 Å². The van der Waals surface area contributed by atoms with E-state index in [4.69, 9.17) is 15.0 Å². The minimum absolute atomic E-state index is 0.126. The van der Waals surface area contributed by atoms with Crippen LogP contribution in [0.2, 0.25) is 0 Å². The lowest BCUT2D eigenvalue weighted by Crippen LogP contribution is -2.24. The molecule has 0 saturated heterocycles. The van der Waals surface area contributed by atoms with Gasteiger partial charge in [0.2, 0.25) is 5.95 Å². The molecule has 5 aromatic rings. The molecule has 1 aliphatic carbocycles. The Bertz CT molecular complexity index is 1980. The van der Waals surface area contributed by atoms with Gasteiger partial charge in [0, 0.05) is 27.3 Å². The normalized spacial score (nSPS) is 14.1. The molecule has 36 heavy (non-hydrogen) atoms. The molecular weight excluding hydrogens is 440 g/mol. The van der Waals surface area contributed by atoms with E-state index in [1.807, 2.05) is 6.07 Å². The molecule has 0 unspecified atom stereocenters. The third-order valence-corrected chi connectivity index (χ3v) is 7.79. The van der Waals surface area contributed by atoms with Gasteiger partial charge in [-0.2, -0.15) is 0 Å². The third-order valence-electron chi connectivity index (χ3n) is 7.79. The summed E-state index contributed by atoms with van der Waals surface area (Å²) in [6.45, 7) is 4.58. The lowest BCUT2D eigenvalue weighted by atomic mass is 9.70. The molecule has 4 heteroatoms. The van der Waals surface area contributed by atoms with Gasteiger partial charge in [-0.15, -0.1) is 0 Å². The summed E-state index contributed by atoms with van der Waals surface area (Å²) in [5, 5.41) is 3.42. The number of pyridine rings is 1. The second-order valence-corrected chi connectivity index (χ2v) is 10.1. The van der Waals surface area contributed by atoms with Crippen molar-refractivity contribution in [2.24, 2.45) is 0 Å². The number of fused-ring (bicyclic) bond motifs is 6. The van der Waals surface area contributed by atoms with E-state index in [0.717, 1.165) is 49.8 Å². The van der Waals surface area contributed by atoms with Crippen LogP contribution in [0.5, 0.6) is 0 Å². The molecule has 0 spiro atoms. The van der Waals surface area contributed by atoms with Crippen molar-refractivity contribution in [2.45, 2.75) is 19.3 Å². The number of rotatable bonds is 1. The van der Waals surface area contributed by atoms with Crippen molar-refractivity contribution in [3.05, 3.63) is 108 Å². The highest BCUT2D eigenvalue weighted by Crippen LogP contribution is 2.47. The average molecular weight is 463 g/mol. The second kappa shape index (κ2) is 6.76. The molecule has 0 fully saturated rings. The van der Waals surface area contributed by atoms with Crippen LogP contribution in [0.25, 0.3) is 61.3 Å². The van der Waals surface area contributed by atoms with E-state index in [1.165, 1.54) is 16.7 Å². The van der Waals surface area contributed by atoms with Gasteiger partial charge < -0.3 is 0 Å². The number of aromatic nitrogens is 4. The molecule has 0 saturated carbocycles. The van der Waals surface area contributed by atoms with Crippen LogP contribution in [0.4, 0.5) is 0 Å². The highest BCUT2D eigenvalue weighted by Gasteiger charge is 2.35. The zero-order valence-electron chi connectivity index (χ0n) is 20.0. The first-order chi connectivity index (χ1) is 17.6. The van der Waals surface area contributed by atoms with E-state index in [1.54, 1.807) is 0 Å². The lowest BCUT2D eigenvalue weighted by Gasteiger charge is -2.34. The van der Waals surface area contributed by atoms with Gasteiger partial charge in [-0.25, -0.2) is 15.0 Å². The zero-order chi connectivity index (χ0) is 24.0. The standard InChI is InChI=1S/C32H22N4/c1-32(2)23-13-6-4-12-21(23)29-28-24(32)14-9-16-26(28)34-31(35-29)36-27-17-8-3-10-19(27)18-22-20-11-5-7-15-25(20)33-30(22)36/h3-18H,1-2H3. The molecule has 8 rings (SSSR count). The van der Waals surface area contributed by atoms with Crippen molar-refractivity contribution in [3.8, 4) is 28.6 Å². The van der Waals surface area contributed by atoms with Crippen LogP contribution in [0.15, 0.2) is 97.1 Å². The SMILES string of the molecule is CC1(C)c2ccccc2-c2nc(-n3c4nc5ccccc5c-4cc4ccccc43)nc3cccc1c23. The molecule has 170 valence electrons. The number of nitrogens with zero attached hydrogens (tertiary/aromatic N) is 4. The van der Waals surface area contributed by atoms with E-state index in [0.29, 0.717) is 5.95 Å². The van der Waals surface area contributed by atoms with Crippen molar-refractivity contribution >= 4 is 32.7 Å². The number of hydrogen-bond acceptors (Lipinski definition) is 3. The largest absolute Gasteiger partial charge is 0.262 e. The highest BCUT2D eigenvalue weighted by molar-refractivity contribution is 6.03. The van der Waals surface area contributed by atoms with Crippen LogP contribution in [0.1, 0.15) is 25.0 Å². The smallest absolute Gasteiger partial charge is 0.237 e. The van der Waals surface area contributed by atoms with Crippen molar-refractivity contribution in [1.82, 2.24) is 19.5 Å². The van der Waals surface area contributed by atoms with E-state index in [-0.39, 0.29) is 5.41 Å². The third kappa shape index (κ3) is 2.46. The fraction of sp³-hybridized carbons (Fsp3) is 0.0938. The molecule has 1 aromatic heterocycles. The van der Waals surface area contributed by atoms with Gasteiger partial charge in [0.25, 0.3) is 0 Å². The predicted octanol–water partition coefficient (Wildman–Crippen LogP) is 7.53. The van der Waals surface area contributed by atoms with Gasteiger partial charge in [-0.3, -0.25) is 4.57 Å². The summed E-state index contributed by atoms with van der Waals surface area (Å²) in [5.41, 5.74) is 8.69. The maximum absolute atomic E-state index is 5.29. The quantitative estimate of drug-likeness (QED) is 0.253. The Hall–Kier alpha value is -4.57. The fourth-order valence-electron chi connectivity index (χ4n) is 6.06. The van der Waals surface area contributed by atoms with Gasteiger partial charge in [0.1, 0.15) is 5.82 Å². The maximum Gasteiger partial charge on any atom is 0.237 e. The van der Waals surface area contributed by atoms with Crippen LogP contribution < -0.4 is 0 Å². The zero-order valence-corrected chi connectivity index (χ0v) is 20.0. The number of para-hydroxylation sites is 2. The van der Waals surface area contributed by atoms with E-state index in [9.17, 15) is 0 Å². The summed E-state index contributed by atoms with van der Waals surface area (Å²) in [6.07, 6.45) is 0. The molecule has 3 heterocycles. The molecule has 2 aliphatic heterocycles. The Morgan fingerprint density at radius 1 is 0.639 bits per heavy atom. The molecule has 0 N–H and O–H groups in total. The Labute approximate surface area is 208 Å². The Balaban J connectivity index is 1.54. The number of benzene rings is 4. The van der Waals surface area contributed by atoms with E-state index >= 15 is 0 Å². The van der Waals surface area contributed by atoms with Gasteiger partial charge >= 0.3 is 0 Å². The lowest BCUT2D eigenvalue weighted by molar-refractivity contribution is 0.643. The molecule has 0 radical (unpaired) electrons.